The quantitative estimate of drug-likeness (QED) is 0.682. The van der Waals surface area contributed by atoms with Crippen LogP contribution in [-0.2, 0) is 0 Å². The number of piperazine rings is 1. The van der Waals surface area contributed by atoms with Gasteiger partial charge in [0.1, 0.15) is 5.69 Å². The predicted molar refractivity (Wildman–Crippen MR) is 76.2 cm³/mol. The molecule has 1 atom stereocenters. The first-order valence-electron chi connectivity index (χ1n) is 6.52. The Labute approximate surface area is 113 Å². The molecule has 1 aromatic rings. The van der Waals surface area contributed by atoms with Gasteiger partial charge in [-0.25, -0.2) is 5.21 Å². The second kappa shape index (κ2) is 5.75. The summed E-state index contributed by atoms with van der Waals surface area (Å²) in [5.41, 5.74) is 3.15. The maximum atomic E-state index is 11.2. The highest BCUT2D eigenvalue weighted by molar-refractivity contribution is 5.71. The van der Waals surface area contributed by atoms with Gasteiger partial charge in [0.25, 0.3) is 0 Å². The Morgan fingerprint density at radius 3 is 2.42 bits per heavy atom. The molecule has 1 aliphatic rings. The Morgan fingerprint density at radius 1 is 1.26 bits per heavy atom. The van der Waals surface area contributed by atoms with E-state index < -0.39 is 5.23 Å². The molecule has 0 amide bonds. The van der Waals surface area contributed by atoms with Gasteiger partial charge in [-0.05, 0) is 25.6 Å². The summed E-state index contributed by atoms with van der Waals surface area (Å²) in [5.74, 6) is 0. The summed E-state index contributed by atoms with van der Waals surface area (Å²) >= 11 is 0. The summed E-state index contributed by atoms with van der Waals surface area (Å²) in [6.45, 7) is 6.00. The van der Waals surface area contributed by atoms with E-state index in [1.165, 1.54) is 0 Å². The minimum atomic E-state index is -0.891. The third-order valence-corrected chi connectivity index (χ3v) is 3.68. The fourth-order valence-electron chi connectivity index (χ4n) is 2.47. The van der Waals surface area contributed by atoms with Crippen LogP contribution in [-0.4, -0.2) is 50.4 Å². The fourth-order valence-corrected chi connectivity index (χ4v) is 2.47. The van der Waals surface area contributed by atoms with Crippen molar-refractivity contribution in [3.05, 3.63) is 22.9 Å². The lowest BCUT2D eigenvalue weighted by Crippen LogP contribution is -2.99. The minimum Gasteiger partial charge on any atom is -0.595 e. The van der Waals surface area contributed by atoms with Crippen LogP contribution in [0.4, 0.5) is 17.1 Å². The zero-order valence-electron chi connectivity index (χ0n) is 11.7. The third-order valence-electron chi connectivity index (χ3n) is 3.68. The van der Waals surface area contributed by atoms with Crippen LogP contribution in [0.5, 0.6) is 0 Å². The molecule has 3 N–H and O–H groups in total. The van der Waals surface area contributed by atoms with E-state index in [4.69, 9.17) is 0 Å². The van der Waals surface area contributed by atoms with E-state index in [0.717, 1.165) is 37.4 Å². The van der Waals surface area contributed by atoms with Crippen molar-refractivity contribution in [1.29, 1.82) is 0 Å². The van der Waals surface area contributed by atoms with Crippen LogP contribution in [0, 0.1) is 12.1 Å². The number of nitrogens with one attached hydrogen (secondary N) is 2. The van der Waals surface area contributed by atoms with E-state index >= 15 is 0 Å². The molecule has 1 heterocycles. The number of hydrogen-bond donors (Lipinski definition) is 3. The van der Waals surface area contributed by atoms with Crippen LogP contribution >= 0.6 is 0 Å². The minimum absolute atomic E-state index is 0.331. The largest absolute Gasteiger partial charge is 0.595 e. The Bertz CT molecular complexity index is 443. The van der Waals surface area contributed by atoms with Gasteiger partial charge in [0.05, 0.1) is 0 Å². The topological polar surface area (TPSA) is 66.2 Å². The van der Waals surface area contributed by atoms with Gasteiger partial charge < -0.3 is 20.3 Å². The number of anilines is 2. The van der Waals surface area contributed by atoms with Gasteiger partial charge >= 0.3 is 0 Å². The molecule has 1 aromatic carbocycles. The third kappa shape index (κ3) is 2.98. The van der Waals surface area contributed by atoms with Crippen LogP contribution < -0.4 is 15.4 Å². The van der Waals surface area contributed by atoms with E-state index in [2.05, 4.69) is 22.2 Å². The molecule has 0 aromatic heterocycles. The molecule has 0 aliphatic carbocycles. The number of nitrogens with zero attached hydrogens (tertiary/aromatic N) is 2. The number of quaternary nitrogens is 1. The standard InChI is InChI=1S/C13H22N4O2/c1-10-8-13(17(18)19)11(14-2)9-12(10)16-6-4-15(3)5-7-16/h8-9,14,17-18H,4-7H2,1-3H3. The van der Waals surface area contributed by atoms with Crippen molar-refractivity contribution in [3.63, 3.8) is 0 Å². The van der Waals surface area contributed by atoms with E-state index in [0.29, 0.717) is 11.4 Å². The molecule has 2 rings (SSSR count). The molecule has 0 spiro atoms. The highest BCUT2D eigenvalue weighted by Crippen LogP contribution is 2.29. The van der Waals surface area contributed by atoms with Gasteiger partial charge in [0, 0.05) is 45.0 Å². The predicted octanol–water partition coefficient (Wildman–Crippen LogP) is 0.192. The lowest BCUT2D eigenvalue weighted by atomic mass is 10.1. The molecule has 106 valence electrons. The van der Waals surface area contributed by atoms with Crippen LogP contribution in [0.25, 0.3) is 0 Å². The summed E-state index contributed by atoms with van der Waals surface area (Å²) in [5, 5.41) is 22.5. The van der Waals surface area contributed by atoms with E-state index in [1.54, 1.807) is 13.1 Å². The number of rotatable bonds is 3. The number of aryl methyl sites for hydroxylation is 1. The highest BCUT2D eigenvalue weighted by Gasteiger charge is 2.19. The summed E-state index contributed by atoms with van der Waals surface area (Å²) in [6.07, 6.45) is 0. The van der Waals surface area contributed by atoms with E-state index in [1.807, 2.05) is 13.0 Å². The number of likely N-dealkylation sites (N-methyl/N-ethyl adjacent to an activating group) is 1. The molecule has 1 unspecified atom stereocenters. The second-order valence-electron chi connectivity index (χ2n) is 5.03. The fraction of sp³-hybridized carbons (Fsp3) is 0.538. The van der Waals surface area contributed by atoms with Gasteiger partial charge in [-0.15, -0.1) is 0 Å². The smallest absolute Gasteiger partial charge is 0.187 e. The van der Waals surface area contributed by atoms with Gasteiger partial charge in [-0.3, -0.25) is 0 Å². The lowest BCUT2D eigenvalue weighted by Gasteiger charge is -2.35. The van der Waals surface area contributed by atoms with E-state index in [-0.39, 0.29) is 0 Å². The average Bonchev–Trinajstić information content (AvgIpc) is 2.39. The summed E-state index contributed by atoms with van der Waals surface area (Å²) in [4.78, 5) is 4.62. The average molecular weight is 266 g/mol. The summed E-state index contributed by atoms with van der Waals surface area (Å²) in [6, 6.07) is 3.70. The molecule has 0 radical (unpaired) electrons. The van der Waals surface area contributed by atoms with Crippen molar-refractivity contribution in [2.45, 2.75) is 6.92 Å². The van der Waals surface area contributed by atoms with Crippen molar-refractivity contribution in [1.82, 2.24) is 4.90 Å². The molecule has 19 heavy (non-hydrogen) atoms. The van der Waals surface area contributed by atoms with Gasteiger partial charge in [0.15, 0.2) is 5.69 Å². The monoisotopic (exact) mass is 266 g/mol. The zero-order chi connectivity index (χ0) is 14.0. The van der Waals surface area contributed by atoms with Gasteiger partial charge in [-0.2, -0.15) is 5.23 Å². The number of benzene rings is 1. The normalized spacial score (nSPS) is 18.5. The Morgan fingerprint density at radius 2 is 1.89 bits per heavy atom. The van der Waals surface area contributed by atoms with Crippen molar-refractivity contribution < 1.29 is 10.4 Å². The first-order chi connectivity index (χ1) is 9.02. The molecule has 0 saturated carbocycles. The molecule has 1 saturated heterocycles. The van der Waals surface area contributed by atoms with Crippen LogP contribution in [0.3, 0.4) is 0 Å². The molecule has 6 heteroatoms. The molecule has 6 nitrogen and oxygen atoms in total. The molecule has 1 aliphatic heterocycles. The second-order valence-corrected chi connectivity index (χ2v) is 5.03. The first-order valence-corrected chi connectivity index (χ1v) is 6.52. The van der Waals surface area contributed by atoms with Crippen LogP contribution in [0.15, 0.2) is 12.1 Å². The first kappa shape index (κ1) is 14.1. The van der Waals surface area contributed by atoms with Crippen molar-refractivity contribution in [2.24, 2.45) is 0 Å². The molecule has 0 bridgehead atoms. The summed E-state index contributed by atoms with van der Waals surface area (Å²) in [7, 11) is 3.88. The Hall–Kier alpha value is -1.34. The molecular weight excluding hydrogens is 244 g/mol. The number of hydrogen-bond acceptors (Lipinski definition) is 5. The van der Waals surface area contributed by atoms with Gasteiger partial charge in [-0.1, -0.05) is 0 Å². The maximum absolute atomic E-state index is 11.2. The van der Waals surface area contributed by atoms with Crippen LogP contribution in [0.2, 0.25) is 0 Å². The summed E-state index contributed by atoms with van der Waals surface area (Å²) < 4.78 is 0. The van der Waals surface area contributed by atoms with Gasteiger partial charge in [0.2, 0.25) is 0 Å². The SMILES string of the molecule is CNc1cc(N2CCN(C)CC2)c(C)cc1[NH+]([O-])O. The highest BCUT2D eigenvalue weighted by atomic mass is 16.8. The zero-order valence-corrected chi connectivity index (χ0v) is 11.7. The molecule has 1 fully saturated rings. The Kier molecular flexibility index (Phi) is 4.26. The van der Waals surface area contributed by atoms with Crippen molar-refractivity contribution in [3.8, 4) is 0 Å². The molecular formula is C13H22N4O2. The van der Waals surface area contributed by atoms with Crippen LogP contribution in [0.1, 0.15) is 5.56 Å². The van der Waals surface area contributed by atoms with Crippen molar-refractivity contribution >= 4 is 17.1 Å². The Balaban J connectivity index is 2.31. The van der Waals surface area contributed by atoms with E-state index in [9.17, 15) is 10.4 Å². The van der Waals surface area contributed by atoms with Crippen molar-refractivity contribution in [2.75, 3.05) is 50.5 Å². The maximum Gasteiger partial charge on any atom is 0.187 e. The lowest BCUT2D eigenvalue weighted by molar-refractivity contribution is -0.990.